The Kier molecular flexibility index (Phi) is 7.48. The van der Waals surface area contributed by atoms with E-state index < -0.39 is 5.97 Å². The van der Waals surface area contributed by atoms with E-state index in [1.807, 2.05) is 43.3 Å². The number of nitrogens with zero attached hydrogens (tertiary/aromatic N) is 1. The quantitative estimate of drug-likeness (QED) is 0.393. The van der Waals surface area contributed by atoms with E-state index in [0.717, 1.165) is 28.9 Å². The number of hydrogen-bond donors (Lipinski definition) is 1. The molecule has 1 atom stereocenters. The van der Waals surface area contributed by atoms with E-state index in [-0.39, 0.29) is 24.5 Å². The summed E-state index contributed by atoms with van der Waals surface area (Å²) in [6, 6.07) is 22.2. The number of hydrogen-bond acceptors (Lipinski definition) is 3. The van der Waals surface area contributed by atoms with Crippen LogP contribution >= 0.6 is 0 Å². The van der Waals surface area contributed by atoms with Gasteiger partial charge in [-0.2, -0.15) is 0 Å². The number of carboxylic acids is 1. The lowest BCUT2D eigenvalue weighted by Crippen LogP contribution is -2.33. The van der Waals surface area contributed by atoms with Crippen LogP contribution in [0.4, 0.5) is 0 Å². The van der Waals surface area contributed by atoms with Gasteiger partial charge in [0.15, 0.2) is 0 Å². The SMILES string of the molecule is Cc1ccc(CN(CCC(=O)O)C(=O)c2ccc3c(c2)C[C@@](C)(Cc2ccc(C(C)C)cc2)O3)cc1. The van der Waals surface area contributed by atoms with Crippen LogP contribution in [0.25, 0.3) is 0 Å². The van der Waals surface area contributed by atoms with Gasteiger partial charge < -0.3 is 14.7 Å². The lowest BCUT2D eigenvalue weighted by atomic mass is 9.90. The normalized spacial score (nSPS) is 16.5. The van der Waals surface area contributed by atoms with Crippen LogP contribution in [0.3, 0.4) is 0 Å². The van der Waals surface area contributed by atoms with Crippen molar-refractivity contribution in [2.75, 3.05) is 6.54 Å². The van der Waals surface area contributed by atoms with Crippen molar-refractivity contribution in [3.63, 3.8) is 0 Å². The molecular weight excluding hydrogens is 450 g/mol. The minimum absolute atomic E-state index is 0.0979. The number of carbonyl (C=O) groups is 2. The Morgan fingerprint density at radius 1 is 1.00 bits per heavy atom. The zero-order valence-corrected chi connectivity index (χ0v) is 21.6. The number of aliphatic carboxylic acids is 1. The molecule has 5 nitrogen and oxygen atoms in total. The van der Waals surface area contributed by atoms with Crippen molar-refractivity contribution in [1.82, 2.24) is 4.90 Å². The van der Waals surface area contributed by atoms with Crippen LogP contribution in [0, 0.1) is 6.92 Å². The van der Waals surface area contributed by atoms with Crippen LogP contribution in [0.2, 0.25) is 0 Å². The van der Waals surface area contributed by atoms with Crippen LogP contribution in [-0.4, -0.2) is 34.0 Å². The van der Waals surface area contributed by atoms with Crippen LogP contribution in [0.15, 0.2) is 66.7 Å². The van der Waals surface area contributed by atoms with E-state index in [1.165, 1.54) is 11.1 Å². The number of rotatable bonds is 9. The maximum atomic E-state index is 13.5. The highest BCUT2D eigenvalue weighted by Gasteiger charge is 2.35. The second-order valence-corrected chi connectivity index (χ2v) is 10.5. The lowest BCUT2D eigenvalue weighted by Gasteiger charge is -2.24. The average Bonchev–Trinajstić information content (AvgIpc) is 3.17. The summed E-state index contributed by atoms with van der Waals surface area (Å²) in [6.07, 6.45) is 1.39. The molecule has 0 bridgehead atoms. The van der Waals surface area contributed by atoms with Crippen LogP contribution in [0.5, 0.6) is 5.75 Å². The molecule has 5 heteroatoms. The van der Waals surface area contributed by atoms with Crippen molar-refractivity contribution in [3.8, 4) is 5.75 Å². The molecule has 3 aromatic rings. The van der Waals surface area contributed by atoms with Crippen molar-refractivity contribution >= 4 is 11.9 Å². The largest absolute Gasteiger partial charge is 0.487 e. The molecule has 0 aliphatic carbocycles. The molecule has 0 saturated heterocycles. The summed E-state index contributed by atoms with van der Waals surface area (Å²) < 4.78 is 6.35. The van der Waals surface area contributed by atoms with Gasteiger partial charge in [0.1, 0.15) is 11.4 Å². The number of carbonyl (C=O) groups excluding carboxylic acids is 1. The summed E-state index contributed by atoms with van der Waals surface area (Å²) in [7, 11) is 0. The number of fused-ring (bicyclic) bond motifs is 1. The molecule has 1 aliphatic heterocycles. The number of carboxylic acid groups (broad SMARTS) is 1. The van der Waals surface area contributed by atoms with E-state index in [9.17, 15) is 14.7 Å². The molecular formula is C31H35NO4. The Morgan fingerprint density at radius 3 is 2.31 bits per heavy atom. The molecule has 188 valence electrons. The monoisotopic (exact) mass is 485 g/mol. The van der Waals surface area contributed by atoms with E-state index in [0.29, 0.717) is 24.4 Å². The molecule has 1 aliphatic rings. The summed E-state index contributed by atoms with van der Waals surface area (Å²) in [4.78, 5) is 26.3. The maximum Gasteiger partial charge on any atom is 0.305 e. The molecule has 0 unspecified atom stereocenters. The second-order valence-electron chi connectivity index (χ2n) is 10.5. The van der Waals surface area contributed by atoms with Crippen molar-refractivity contribution in [2.24, 2.45) is 0 Å². The van der Waals surface area contributed by atoms with Gasteiger partial charge in [-0.25, -0.2) is 0 Å². The number of benzene rings is 3. The van der Waals surface area contributed by atoms with Crippen LogP contribution in [0.1, 0.15) is 71.3 Å². The highest BCUT2D eigenvalue weighted by molar-refractivity contribution is 5.95. The minimum Gasteiger partial charge on any atom is -0.487 e. The van der Waals surface area contributed by atoms with Crippen LogP contribution < -0.4 is 4.74 Å². The van der Waals surface area contributed by atoms with Crippen molar-refractivity contribution in [1.29, 1.82) is 0 Å². The van der Waals surface area contributed by atoms with Gasteiger partial charge in [0.05, 0.1) is 6.42 Å². The van der Waals surface area contributed by atoms with E-state index in [2.05, 4.69) is 45.0 Å². The van der Waals surface area contributed by atoms with Gasteiger partial charge in [-0.3, -0.25) is 9.59 Å². The fraction of sp³-hybridized carbons (Fsp3) is 0.355. The molecule has 1 amide bonds. The van der Waals surface area contributed by atoms with E-state index in [4.69, 9.17) is 4.74 Å². The Hall–Kier alpha value is -3.60. The van der Waals surface area contributed by atoms with Crippen molar-refractivity contribution in [2.45, 2.75) is 65.0 Å². The molecule has 36 heavy (non-hydrogen) atoms. The predicted molar refractivity (Wildman–Crippen MR) is 142 cm³/mol. The fourth-order valence-electron chi connectivity index (χ4n) is 4.78. The first-order chi connectivity index (χ1) is 17.1. The molecule has 0 aromatic heterocycles. The molecule has 0 spiro atoms. The molecule has 0 radical (unpaired) electrons. The topological polar surface area (TPSA) is 66.8 Å². The highest BCUT2D eigenvalue weighted by atomic mass is 16.5. The van der Waals surface area contributed by atoms with Gasteiger partial charge in [0.25, 0.3) is 5.91 Å². The van der Waals surface area contributed by atoms with Gasteiger partial charge in [-0.15, -0.1) is 0 Å². The second kappa shape index (κ2) is 10.6. The highest BCUT2D eigenvalue weighted by Crippen LogP contribution is 2.38. The summed E-state index contributed by atoms with van der Waals surface area (Å²) >= 11 is 0. The first-order valence-electron chi connectivity index (χ1n) is 12.6. The molecule has 0 fully saturated rings. The smallest absolute Gasteiger partial charge is 0.305 e. The number of aryl methyl sites for hydroxylation is 1. The first kappa shape index (κ1) is 25.5. The van der Waals surface area contributed by atoms with Crippen molar-refractivity contribution in [3.05, 3.63) is 100 Å². The zero-order valence-electron chi connectivity index (χ0n) is 21.6. The fourth-order valence-corrected chi connectivity index (χ4v) is 4.78. The maximum absolute atomic E-state index is 13.5. The molecule has 3 aromatic carbocycles. The standard InChI is InChI=1S/C31H35NO4/c1-21(2)25-11-9-23(10-12-25)18-31(4)19-27-17-26(13-14-28(27)36-31)30(35)32(16-15-29(33)34)20-24-7-5-22(3)6-8-24/h5-14,17,21H,15-16,18-20H2,1-4H3,(H,33,34)/t31-/m1/s1. The first-order valence-corrected chi connectivity index (χ1v) is 12.6. The van der Waals surface area contributed by atoms with E-state index >= 15 is 0 Å². The third-order valence-corrected chi connectivity index (χ3v) is 6.83. The summed E-state index contributed by atoms with van der Waals surface area (Å²) in [5.41, 5.74) is 5.84. The lowest BCUT2D eigenvalue weighted by molar-refractivity contribution is -0.137. The third kappa shape index (κ3) is 6.14. The molecule has 1 heterocycles. The molecule has 4 rings (SSSR count). The van der Waals surface area contributed by atoms with Gasteiger partial charge in [0, 0.05) is 31.5 Å². The number of amides is 1. The molecule has 1 N–H and O–H groups in total. The third-order valence-electron chi connectivity index (χ3n) is 6.83. The molecule has 0 saturated carbocycles. The van der Waals surface area contributed by atoms with Gasteiger partial charge in [-0.05, 0) is 60.2 Å². The van der Waals surface area contributed by atoms with Gasteiger partial charge >= 0.3 is 5.97 Å². The van der Waals surface area contributed by atoms with Crippen molar-refractivity contribution < 1.29 is 19.4 Å². The Bertz CT molecular complexity index is 1230. The van der Waals surface area contributed by atoms with E-state index in [1.54, 1.807) is 11.0 Å². The number of ether oxygens (including phenoxy) is 1. The Labute approximate surface area is 213 Å². The average molecular weight is 486 g/mol. The minimum atomic E-state index is -0.920. The predicted octanol–water partition coefficient (Wildman–Crippen LogP) is 6.17. The summed E-state index contributed by atoms with van der Waals surface area (Å²) in [5.74, 6) is 0.218. The Morgan fingerprint density at radius 2 is 1.67 bits per heavy atom. The Balaban J connectivity index is 1.49. The zero-order chi connectivity index (χ0) is 25.9. The van der Waals surface area contributed by atoms with Crippen LogP contribution in [-0.2, 0) is 24.2 Å². The summed E-state index contributed by atoms with van der Waals surface area (Å²) in [6.45, 7) is 9.02. The van der Waals surface area contributed by atoms with Gasteiger partial charge in [-0.1, -0.05) is 67.9 Å². The summed E-state index contributed by atoms with van der Waals surface area (Å²) in [5, 5.41) is 9.21. The van der Waals surface area contributed by atoms with Gasteiger partial charge in [0.2, 0.25) is 0 Å².